The Morgan fingerprint density at radius 2 is 2.24 bits per heavy atom. The molecule has 0 aromatic carbocycles. The molecule has 2 atom stereocenters. The number of likely N-dealkylation sites (N-methyl/N-ethyl adjacent to an activating group) is 2. The monoisotopic (exact) mass is 298 g/mol. The molecule has 124 valence electrons. The lowest BCUT2D eigenvalue weighted by Crippen LogP contribution is -2.53. The van der Waals surface area contributed by atoms with Gasteiger partial charge in [-0.15, -0.1) is 0 Å². The van der Waals surface area contributed by atoms with E-state index in [2.05, 4.69) is 36.1 Å². The highest BCUT2D eigenvalue weighted by Crippen LogP contribution is 2.16. The summed E-state index contributed by atoms with van der Waals surface area (Å²) in [7, 11) is 4.39. The Morgan fingerprint density at radius 3 is 2.76 bits per heavy atom. The summed E-state index contributed by atoms with van der Waals surface area (Å²) in [5, 5.41) is 3.30. The molecular weight excluding hydrogens is 264 g/mol. The number of rotatable bonds is 10. The Hall–Kier alpha value is -0.650. The van der Waals surface area contributed by atoms with Crippen molar-refractivity contribution < 1.29 is 4.79 Å². The molecule has 0 aliphatic carbocycles. The van der Waals surface area contributed by atoms with E-state index < -0.39 is 5.54 Å². The molecule has 5 nitrogen and oxygen atoms in total. The minimum Gasteiger partial charge on any atom is -0.368 e. The molecule has 1 saturated heterocycles. The first-order chi connectivity index (χ1) is 9.89. The van der Waals surface area contributed by atoms with Gasteiger partial charge in [-0.25, -0.2) is 0 Å². The van der Waals surface area contributed by atoms with Gasteiger partial charge in [0.2, 0.25) is 5.91 Å². The second-order valence-electron chi connectivity index (χ2n) is 6.77. The van der Waals surface area contributed by atoms with E-state index in [0.29, 0.717) is 6.04 Å². The second-order valence-corrected chi connectivity index (χ2v) is 6.77. The molecule has 3 N–H and O–H groups in total. The molecule has 1 fully saturated rings. The van der Waals surface area contributed by atoms with Gasteiger partial charge >= 0.3 is 0 Å². The average Bonchev–Trinajstić information content (AvgIpc) is 2.81. The number of primary amides is 1. The van der Waals surface area contributed by atoms with Gasteiger partial charge in [-0.05, 0) is 72.8 Å². The van der Waals surface area contributed by atoms with Crippen LogP contribution in [-0.2, 0) is 4.79 Å². The van der Waals surface area contributed by atoms with Crippen LogP contribution in [0.5, 0.6) is 0 Å². The molecule has 1 rings (SSSR count). The highest BCUT2D eigenvalue weighted by Gasteiger charge is 2.29. The van der Waals surface area contributed by atoms with Crippen molar-refractivity contribution in [2.75, 3.05) is 40.3 Å². The van der Waals surface area contributed by atoms with Gasteiger partial charge in [0.15, 0.2) is 0 Å². The molecule has 1 heterocycles. The molecule has 1 amide bonds. The quantitative estimate of drug-likeness (QED) is 0.632. The summed E-state index contributed by atoms with van der Waals surface area (Å²) in [5.41, 5.74) is 4.99. The molecule has 1 aliphatic heterocycles. The summed E-state index contributed by atoms with van der Waals surface area (Å²) < 4.78 is 0. The van der Waals surface area contributed by atoms with E-state index in [0.717, 1.165) is 38.9 Å². The number of nitrogens with zero attached hydrogens (tertiary/aromatic N) is 2. The lowest BCUT2D eigenvalue weighted by molar-refractivity contribution is -0.124. The minimum absolute atomic E-state index is 0.242. The molecule has 5 heteroatoms. The topological polar surface area (TPSA) is 61.6 Å². The van der Waals surface area contributed by atoms with Gasteiger partial charge in [-0.3, -0.25) is 4.79 Å². The van der Waals surface area contributed by atoms with Crippen molar-refractivity contribution in [3.8, 4) is 0 Å². The first kappa shape index (κ1) is 18.4. The minimum atomic E-state index is -0.568. The third-order valence-electron chi connectivity index (χ3n) is 4.72. The Kier molecular flexibility index (Phi) is 7.63. The number of nitrogens with one attached hydrogen (secondary N) is 1. The number of carbonyl (C=O) groups excluding carboxylic acids is 1. The van der Waals surface area contributed by atoms with Crippen molar-refractivity contribution in [3.05, 3.63) is 0 Å². The van der Waals surface area contributed by atoms with E-state index >= 15 is 0 Å². The smallest absolute Gasteiger partial charge is 0.237 e. The second kappa shape index (κ2) is 8.71. The van der Waals surface area contributed by atoms with E-state index in [1.54, 1.807) is 0 Å². The van der Waals surface area contributed by atoms with E-state index in [4.69, 9.17) is 5.73 Å². The molecule has 2 unspecified atom stereocenters. The van der Waals surface area contributed by atoms with Crippen LogP contribution in [-0.4, -0.2) is 67.6 Å². The number of amides is 1. The summed E-state index contributed by atoms with van der Waals surface area (Å²) in [6, 6.07) is 0.691. The molecule has 0 aromatic rings. The summed E-state index contributed by atoms with van der Waals surface area (Å²) >= 11 is 0. The fourth-order valence-corrected chi connectivity index (χ4v) is 3.06. The summed E-state index contributed by atoms with van der Waals surface area (Å²) in [6.07, 6.45) is 5.42. The predicted octanol–water partition coefficient (Wildman–Crippen LogP) is 1.04. The summed E-state index contributed by atoms with van der Waals surface area (Å²) in [6.45, 7) is 8.21. The predicted molar refractivity (Wildman–Crippen MR) is 88.3 cm³/mol. The van der Waals surface area contributed by atoms with Crippen molar-refractivity contribution in [1.29, 1.82) is 0 Å². The van der Waals surface area contributed by atoms with Crippen LogP contribution in [0.2, 0.25) is 0 Å². The lowest BCUT2D eigenvalue weighted by atomic mass is 9.94. The molecule has 21 heavy (non-hydrogen) atoms. The largest absolute Gasteiger partial charge is 0.368 e. The van der Waals surface area contributed by atoms with Crippen molar-refractivity contribution in [1.82, 2.24) is 15.1 Å². The Labute approximate surface area is 130 Å². The van der Waals surface area contributed by atoms with Crippen LogP contribution in [0.25, 0.3) is 0 Å². The van der Waals surface area contributed by atoms with Gasteiger partial charge in [0.05, 0.1) is 5.54 Å². The molecule has 0 bridgehead atoms. The highest BCUT2D eigenvalue weighted by molar-refractivity contribution is 5.84. The SMILES string of the molecule is CCCNC(C)(CCCN(C)CC1CCCN1C)C(N)=O. The van der Waals surface area contributed by atoms with Crippen LogP contribution >= 0.6 is 0 Å². The average molecular weight is 298 g/mol. The van der Waals surface area contributed by atoms with Crippen molar-refractivity contribution in [3.63, 3.8) is 0 Å². The number of nitrogens with two attached hydrogens (primary N) is 1. The van der Waals surface area contributed by atoms with Gasteiger partial charge < -0.3 is 20.9 Å². The number of hydrogen-bond acceptors (Lipinski definition) is 4. The molecule has 1 aliphatic rings. The van der Waals surface area contributed by atoms with E-state index in [9.17, 15) is 4.79 Å². The third-order valence-corrected chi connectivity index (χ3v) is 4.72. The maximum Gasteiger partial charge on any atom is 0.237 e. The third kappa shape index (κ3) is 5.93. The van der Waals surface area contributed by atoms with Crippen LogP contribution < -0.4 is 11.1 Å². The molecule has 0 spiro atoms. The van der Waals surface area contributed by atoms with Gasteiger partial charge in [-0.2, -0.15) is 0 Å². The van der Waals surface area contributed by atoms with Crippen LogP contribution in [0.3, 0.4) is 0 Å². The fourth-order valence-electron chi connectivity index (χ4n) is 3.06. The zero-order valence-electron chi connectivity index (χ0n) is 14.3. The molecule has 0 aromatic heterocycles. The van der Waals surface area contributed by atoms with Gasteiger partial charge in [0.25, 0.3) is 0 Å². The van der Waals surface area contributed by atoms with Crippen LogP contribution in [0.15, 0.2) is 0 Å². The van der Waals surface area contributed by atoms with Crippen molar-refractivity contribution in [2.24, 2.45) is 5.73 Å². The van der Waals surface area contributed by atoms with Crippen LogP contribution in [0.4, 0.5) is 0 Å². The van der Waals surface area contributed by atoms with Gasteiger partial charge in [0.1, 0.15) is 0 Å². The standard InChI is InChI=1S/C16H34N4O/c1-5-10-18-16(2,15(17)21)9-7-11-19(3)13-14-8-6-12-20(14)4/h14,18H,5-13H2,1-4H3,(H2,17,21). The normalized spacial score (nSPS) is 22.6. The molecule has 0 saturated carbocycles. The Morgan fingerprint density at radius 1 is 1.52 bits per heavy atom. The fraction of sp³-hybridized carbons (Fsp3) is 0.938. The number of hydrogen-bond donors (Lipinski definition) is 2. The van der Waals surface area contributed by atoms with Gasteiger partial charge in [-0.1, -0.05) is 6.92 Å². The number of carbonyl (C=O) groups is 1. The van der Waals surface area contributed by atoms with Crippen LogP contribution in [0, 0.1) is 0 Å². The van der Waals surface area contributed by atoms with E-state index in [-0.39, 0.29) is 5.91 Å². The zero-order chi connectivity index (χ0) is 15.9. The zero-order valence-corrected chi connectivity index (χ0v) is 14.3. The molecular formula is C16H34N4O. The highest BCUT2D eigenvalue weighted by atomic mass is 16.1. The van der Waals surface area contributed by atoms with Gasteiger partial charge in [0, 0.05) is 12.6 Å². The maximum absolute atomic E-state index is 11.7. The first-order valence-corrected chi connectivity index (χ1v) is 8.32. The Bertz CT molecular complexity index is 323. The summed E-state index contributed by atoms with van der Waals surface area (Å²) in [4.78, 5) is 16.5. The number of likely N-dealkylation sites (tertiary alicyclic amines) is 1. The van der Waals surface area contributed by atoms with Crippen molar-refractivity contribution in [2.45, 2.75) is 57.5 Å². The Balaban J connectivity index is 2.30. The lowest BCUT2D eigenvalue weighted by Gasteiger charge is -2.29. The van der Waals surface area contributed by atoms with Crippen LogP contribution in [0.1, 0.15) is 46.0 Å². The maximum atomic E-state index is 11.7. The summed E-state index contributed by atoms with van der Waals surface area (Å²) in [5.74, 6) is -0.242. The van der Waals surface area contributed by atoms with E-state index in [1.807, 2.05) is 6.92 Å². The molecule has 0 radical (unpaired) electrons. The van der Waals surface area contributed by atoms with E-state index in [1.165, 1.54) is 19.4 Å². The van der Waals surface area contributed by atoms with Crippen molar-refractivity contribution >= 4 is 5.91 Å². The first-order valence-electron chi connectivity index (χ1n) is 8.32.